The Hall–Kier alpha value is -0.930. The minimum absolute atomic E-state index is 0.468. The van der Waals surface area contributed by atoms with Gasteiger partial charge in [0.2, 0.25) is 0 Å². The van der Waals surface area contributed by atoms with Crippen LogP contribution in [-0.4, -0.2) is 19.0 Å². The lowest BCUT2D eigenvalue weighted by molar-refractivity contribution is 0.839. The van der Waals surface area contributed by atoms with Crippen molar-refractivity contribution in [2.45, 2.75) is 19.8 Å². The fourth-order valence-corrected chi connectivity index (χ4v) is 1.96. The third-order valence-electron chi connectivity index (χ3n) is 2.25. The minimum atomic E-state index is 0.468. The van der Waals surface area contributed by atoms with Gasteiger partial charge in [-0.3, -0.25) is 4.99 Å². The Morgan fingerprint density at radius 2 is 2.00 bits per heavy atom. The van der Waals surface area contributed by atoms with Gasteiger partial charge in [0.15, 0.2) is 5.96 Å². The van der Waals surface area contributed by atoms with Gasteiger partial charge in [-0.1, -0.05) is 36.2 Å². The highest BCUT2D eigenvalue weighted by Gasteiger charge is 2.04. The number of hydrogen-bond donors (Lipinski definition) is 2. The van der Waals surface area contributed by atoms with Crippen molar-refractivity contribution in [1.29, 1.82) is 0 Å². The molecule has 0 aliphatic rings. The predicted octanol–water partition coefficient (Wildman–Crippen LogP) is 2.85. The first kappa shape index (κ1) is 14.1. The monoisotopic (exact) mass is 273 g/mol. The van der Waals surface area contributed by atoms with Gasteiger partial charge < -0.3 is 11.1 Å². The van der Waals surface area contributed by atoms with E-state index in [1.54, 1.807) is 0 Å². The fraction of sp³-hybridized carbons (Fsp3) is 0.417. The number of guanidine groups is 1. The zero-order valence-electron chi connectivity index (χ0n) is 9.84. The molecular weight excluding hydrogens is 257 g/mol. The summed E-state index contributed by atoms with van der Waals surface area (Å²) in [6.45, 7) is 3.47. The molecule has 94 valence electrons. The van der Waals surface area contributed by atoms with Crippen LogP contribution in [0.5, 0.6) is 0 Å². The molecule has 5 heteroatoms. The first-order chi connectivity index (χ1) is 8.15. The van der Waals surface area contributed by atoms with Gasteiger partial charge in [0.25, 0.3) is 0 Å². The maximum absolute atomic E-state index is 6.05. The molecule has 0 amide bonds. The second-order valence-electron chi connectivity index (χ2n) is 3.64. The van der Waals surface area contributed by atoms with Gasteiger partial charge in [0.05, 0.1) is 0 Å². The summed E-state index contributed by atoms with van der Waals surface area (Å²) in [5.74, 6) is 0.468. The molecule has 0 atom stereocenters. The number of rotatable bonds is 5. The van der Waals surface area contributed by atoms with Crippen LogP contribution in [0.15, 0.2) is 23.2 Å². The Bertz CT molecular complexity index is 371. The van der Waals surface area contributed by atoms with Crippen LogP contribution < -0.4 is 11.1 Å². The van der Waals surface area contributed by atoms with Crippen molar-refractivity contribution in [3.63, 3.8) is 0 Å². The zero-order valence-corrected chi connectivity index (χ0v) is 11.4. The summed E-state index contributed by atoms with van der Waals surface area (Å²) in [6.07, 6.45) is 1.71. The molecule has 0 bridgehead atoms. The van der Waals surface area contributed by atoms with Crippen molar-refractivity contribution in [2.75, 3.05) is 13.1 Å². The Kier molecular flexibility index (Phi) is 6.16. The van der Waals surface area contributed by atoms with Gasteiger partial charge in [0, 0.05) is 23.1 Å². The van der Waals surface area contributed by atoms with Gasteiger partial charge in [-0.05, 0) is 30.5 Å². The molecule has 0 radical (unpaired) electrons. The van der Waals surface area contributed by atoms with E-state index in [0.717, 1.165) is 24.9 Å². The van der Waals surface area contributed by atoms with Crippen molar-refractivity contribution in [3.05, 3.63) is 33.8 Å². The number of hydrogen-bond acceptors (Lipinski definition) is 1. The van der Waals surface area contributed by atoms with E-state index in [0.29, 0.717) is 22.5 Å². The lowest BCUT2D eigenvalue weighted by Gasteiger charge is -2.08. The van der Waals surface area contributed by atoms with E-state index in [1.165, 1.54) is 0 Å². The number of aliphatic imine (C=N–C) groups is 1. The van der Waals surface area contributed by atoms with Crippen molar-refractivity contribution in [2.24, 2.45) is 10.7 Å². The first-order valence-electron chi connectivity index (χ1n) is 5.61. The van der Waals surface area contributed by atoms with Crippen molar-refractivity contribution < 1.29 is 0 Å². The predicted molar refractivity (Wildman–Crippen MR) is 74.9 cm³/mol. The Morgan fingerprint density at radius 3 is 2.59 bits per heavy atom. The van der Waals surface area contributed by atoms with E-state index in [2.05, 4.69) is 17.2 Å². The zero-order chi connectivity index (χ0) is 12.7. The van der Waals surface area contributed by atoms with Gasteiger partial charge >= 0.3 is 0 Å². The Morgan fingerprint density at radius 1 is 1.35 bits per heavy atom. The largest absolute Gasteiger partial charge is 0.370 e. The third kappa shape index (κ3) is 4.84. The van der Waals surface area contributed by atoms with E-state index < -0.39 is 0 Å². The van der Waals surface area contributed by atoms with Crippen LogP contribution in [0.3, 0.4) is 0 Å². The van der Waals surface area contributed by atoms with E-state index >= 15 is 0 Å². The van der Waals surface area contributed by atoms with Gasteiger partial charge in [-0.2, -0.15) is 0 Å². The first-order valence-corrected chi connectivity index (χ1v) is 6.37. The number of benzene rings is 1. The lowest BCUT2D eigenvalue weighted by Crippen LogP contribution is -2.33. The molecule has 1 aromatic rings. The van der Waals surface area contributed by atoms with E-state index in [1.807, 2.05) is 18.2 Å². The highest BCUT2D eigenvalue weighted by Crippen LogP contribution is 2.24. The van der Waals surface area contributed by atoms with Crippen LogP contribution in [0.1, 0.15) is 18.9 Å². The van der Waals surface area contributed by atoms with Crippen molar-refractivity contribution in [1.82, 2.24) is 5.32 Å². The molecule has 0 saturated heterocycles. The van der Waals surface area contributed by atoms with Crippen molar-refractivity contribution in [3.8, 4) is 0 Å². The van der Waals surface area contributed by atoms with Crippen LogP contribution in [0, 0.1) is 0 Å². The molecule has 0 aliphatic heterocycles. The van der Waals surface area contributed by atoms with E-state index in [4.69, 9.17) is 28.9 Å². The molecule has 0 spiro atoms. The standard InChI is InChI=1S/C12H17Cl2N3/c1-2-7-16-12(15)17-8-6-9-10(13)4-3-5-11(9)14/h3-5H,2,6-8H2,1H3,(H3,15,16,17). The van der Waals surface area contributed by atoms with Crippen LogP contribution in [0.25, 0.3) is 0 Å². The quantitative estimate of drug-likeness (QED) is 0.640. The summed E-state index contributed by atoms with van der Waals surface area (Å²) < 4.78 is 0. The van der Waals surface area contributed by atoms with Crippen LogP contribution in [0.2, 0.25) is 10.0 Å². The fourth-order valence-electron chi connectivity index (χ4n) is 1.37. The summed E-state index contributed by atoms with van der Waals surface area (Å²) in [5, 5.41) is 4.40. The molecule has 1 rings (SSSR count). The van der Waals surface area contributed by atoms with Crippen LogP contribution >= 0.6 is 23.2 Å². The third-order valence-corrected chi connectivity index (χ3v) is 2.96. The molecule has 0 aromatic heterocycles. The second kappa shape index (κ2) is 7.41. The Balaban J connectivity index is 2.46. The summed E-state index contributed by atoms with van der Waals surface area (Å²) >= 11 is 12.1. The summed E-state index contributed by atoms with van der Waals surface area (Å²) in [5.41, 5.74) is 6.61. The van der Waals surface area contributed by atoms with Crippen molar-refractivity contribution >= 4 is 29.2 Å². The minimum Gasteiger partial charge on any atom is -0.370 e. The molecule has 0 unspecified atom stereocenters. The highest BCUT2D eigenvalue weighted by atomic mass is 35.5. The smallest absolute Gasteiger partial charge is 0.188 e. The molecule has 0 saturated carbocycles. The van der Waals surface area contributed by atoms with E-state index in [-0.39, 0.29) is 0 Å². The highest BCUT2D eigenvalue weighted by molar-refractivity contribution is 6.35. The average Bonchev–Trinajstić information content (AvgIpc) is 2.30. The normalized spacial score (nSPS) is 11.6. The number of nitrogens with zero attached hydrogens (tertiary/aromatic N) is 1. The lowest BCUT2D eigenvalue weighted by atomic mass is 10.1. The molecule has 1 aromatic carbocycles. The summed E-state index contributed by atoms with van der Waals surface area (Å²) in [7, 11) is 0. The number of nitrogens with two attached hydrogens (primary N) is 1. The molecule has 0 heterocycles. The maximum atomic E-state index is 6.05. The second-order valence-corrected chi connectivity index (χ2v) is 4.46. The average molecular weight is 274 g/mol. The molecule has 0 fully saturated rings. The molecule has 17 heavy (non-hydrogen) atoms. The topological polar surface area (TPSA) is 50.4 Å². The van der Waals surface area contributed by atoms with E-state index in [9.17, 15) is 0 Å². The van der Waals surface area contributed by atoms with Crippen LogP contribution in [-0.2, 0) is 6.42 Å². The Labute approximate surface area is 112 Å². The SMILES string of the molecule is CCCN=C(N)NCCc1c(Cl)cccc1Cl. The van der Waals surface area contributed by atoms with Gasteiger partial charge in [0.1, 0.15) is 0 Å². The number of halogens is 2. The summed E-state index contributed by atoms with van der Waals surface area (Å²) in [4.78, 5) is 4.14. The van der Waals surface area contributed by atoms with Gasteiger partial charge in [-0.25, -0.2) is 0 Å². The summed E-state index contributed by atoms with van der Waals surface area (Å²) in [6, 6.07) is 5.49. The number of nitrogens with one attached hydrogen (secondary N) is 1. The maximum Gasteiger partial charge on any atom is 0.188 e. The van der Waals surface area contributed by atoms with Gasteiger partial charge in [-0.15, -0.1) is 0 Å². The van der Waals surface area contributed by atoms with Crippen LogP contribution in [0.4, 0.5) is 0 Å². The molecule has 0 aliphatic carbocycles. The molecule has 3 nitrogen and oxygen atoms in total. The molecule has 3 N–H and O–H groups in total. The molecular formula is C12H17Cl2N3.